The van der Waals surface area contributed by atoms with Crippen LogP contribution in [-0.2, 0) is 0 Å². The van der Waals surface area contributed by atoms with Gasteiger partial charge in [-0.1, -0.05) is 42.3 Å². The quantitative estimate of drug-likeness (QED) is 0.642. The normalized spacial score (nSPS) is 9.89. The van der Waals surface area contributed by atoms with E-state index >= 15 is 0 Å². The lowest BCUT2D eigenvalue weighted by Gasteiger charge is -1.99. The Balaban J connectivity index is 1.67. The van der Waals surface area contributed by atoms with E-state index in [1.807, 2.05) is 60.7 Å². The fourth-order valence-electron chi connectivity index (χ4n) is 1.80. The Hall–Kier alpha value is -2.66. The SMILES string of the molecule is C(#Cc1cc2ccccc2o1)COc1ccccc1. The van der Waals surface area contributed by atoms with Crippen molar-refractivity contribution in [3.63, 3.8) is 0 Å². The minimum absolute atomic E-state index is 0.348. The van der Waals surface area contributed by atoms with Crippen LogP contribution in [0.1, 0.15) is 5.76 Å². The third kappa shape index (κ3) is 2.78. The fourth-order valence-corrected chi connectivity index (χ4v) is 1.80. The molecule has 0 aliphatic heterocycles. The summed E-state index contributed by atoms with van der Waals surface area (Å²) in [5.41, 5.74) is 0.857. The Morgan fingerprint density at radius 2 is 1.74 bits per heavy atom. The molecule has 0 amide bonds. The number of rotatable bonds is 2. The molecule has 2 heteroatoms. The van der Waals surface area contributed by atoms with Crippen molar-refractivity contribution in [3.05, 3.63) is 66.4 Å². The molecule has 0 aliphatic rings. The first-order valence-electron chi connectivity index (χ1n) is 6.07. The molecule has 0 radical (unpaired) electrons. The van der Waals surface area contributed by atoms with Gasteiger partial charge in [0.15, 0.2) is 5.76 Å². The van der Waals surface area contributed by atoms with Gasteiger partial charge in [0, 0.05) is 11.5 Å². The highest BCUT2D eigenvalue weighted by molar-refractivity contribution is 5.78. The molecular formula is C17H12O2. The number of ether oxygens (including phenoxy) is 1. The predicted octanol–water partition coefficient (Wildman–Crippen LogP) is 3.86. The summed E-state index contributed by atoms with van der Waals surface area (Å²) in [6, 6.07) is 19.4. The molecule has 0 fully saturated rings. The van der Waals surface area contributed by atoms with Crippen molar-refractivity contribution in [1.29, 1.82) is 0 Å². The van der Waals surface area contributed by atoms with E-state index in [1.54, 1.807) is 0 Å². The van der Waals surface area contributed by atoms with Crippen molar-refractivity contribution < 1.29 is 9.15 Å². The lowest BCUT2D eigenvalue weighted by atomic mass is 10.2. The van der Waals surface area contributed by atoms with Gasteiger partial charge in [0.1, 0.15) is 17.9 Å². The van der Waals surface area contributed by atoms with Gasteiger partial charge in [-0.3, -0.25) is 0 Å². The molecule has 1 heterocycles. The Labute approximate surface area is 111 Å². The van der Waals surface area contributed by atoms with Gasteiger partial charge < -0.3 is 9.15 Å². The van der Waals surface area contributed by atoms with Crippen molar-refractivity contribution in [2.24, 2.45) is 0 Å². The first-order valence-corrected chi connectivity index (χ1v) is 6.07. The molecule has 0 saturated heterocycles. The predicted molar refractivity (Wildman–Crippen MR) is 75.0 cm³/mol. The van der Waals surface area contributed by atoms with Crippen LogP contribution >= 0.6 is 0 Å². The maximum Gasteiger partial charge on any atom is 0.178 e. The van der Waals surface area contributed by atoms with Crippen molar-refractivity contribution in [1.82, 2.24) is 0 Å². The Kier molecular flexibility index (Phi) is 3.20. The first-order chi connectivity index (χ1) is 9.42. The molecule has 92 valence electrons. The monoisotopic (exact) mass is 248 g/mol. The molecule has 0 N–H and O–H groups in total. The third-order valence-electron chi connectivity index (χ3n) is 2.69. The maximum absolute atomic E-state index is 5.59. The fraction of sp³-hybridized carbons (Fsp3) is 0.0588. The minimum Gasteiger partial charge on any atom is -0.481 e. The summed E-state index contributed by atoms with van der Waals surface area (Å²) in [5.74, 6) is 7.39. The Bertz CT molecular complexity index is 697. The van der Waals surface area contributed by atoms with E-state index in [1.165, 1.54) is 0 Å². The zero-order valence-electron chi connectivity index (χ0n) is 10.3. The second kappa shape index (κ2) is 5.32. The highest BCUT2D eigenvalue weighted by Gasteiger charge is 1.98. The Morgan fingerprint density at radius 1 is 0.947 bits per heavy atom. The third-order valence-corrected chi connectivity index (χ3v) is 2.69. The number of furan rings is 1. The minimum atomic E-state index is 0.348. The molecular weight excluding hydrogens is 236 g/mol. The van der Waals surface area contributed by atoms with Crippen LogP contribution in [0.15, 0.2) is 65.1 Å². The number of fused-ring (bicyclic) bond motifs is 1. The van der Waals surface area contributed by atoms with Crippen LogP contribution in [0.4, 0.5) is 0 Å². The average Bonchev–Trinajstić information content (AvgIpc) is 2.87. The van der Waals surface area contributed by atoms with E-state index in [0.717, 1.165) is 16.7 Å². The zero-order chi connectivity index (χ0) is 12.9. The van der Waals surface area contributed by atoms with Crippen molar-refractivity contribution in [2.45, 2.75) is 0 Å². The smallest absolute Gasteiger partial charge is 0.178 e. The molecule has 0 bridgehead atoms. The van der Waals surface area contributed by atoms with Crippen molar-refractivity contribution in [3.8, 4) is 17.6 Å². The van der Waals surface area contributed by atoms with Gasteiger partial charge >= 0.3 is 0 Å². The van der Waals surface area contributed by atoms with E-state index in [2.05, 4.69) is 11.8 Å². The van der Waals surface area contributed by atoms with Crippen LogP contribution in [0.25, 0.3) is 11.0 Å². The second-order valence-corrected chi connectivity index (χ2v) is 4.05. The summed E-state index contributed by atoms with van der Waals surface area (Å²) >= 11 is 0. The summed E-state index contributed by atoms with van der Waals surface area (Å²) < 4.78 is 11.1. The maximum atomic E-state index is 5.59. The summed E-state index contributed by atoms with van der Waals surface area (Å²) in [6.07, 6.45) is 0. The number of para-hydroxylation sites is 2. The molecule has 1 aromatic heterocycles. The topological polar surface area (TPSA) is 22.4 Å². The van der Waals surface area contributed by atoms with Gasteiger partial charge in [-0.05, 0) is 24.1 Å². The van der Waals surface area contributed by atoms with E-state index < -0.39 is 0 Å². The molecule has 0 aliphatic carbocycles. The molecule has 19 heavy (non-hydrogen) atoms. The first kappa shape index (κ1) is 11.4. The molecule has 0 unspecified atom stereocenters. The molecule has 0 spiro atoms. The highest BCUT2D eigenvalue weighted by atomic mass is 16.5. The van der Waals surface area contributed by atoms with Gasteiger partial charge in [-0.15, -0.1) is 0 Å². The number of hydrogen-bond donors (Lipinski definition) is 0. The molecule has 2 nitrogen and oxygen atoms in total. The van der Waals surface area contributed by atoms with Crippen LogP contribution < -0.4 is 4.74 Å². The molecule has 0 atom stereocenters. The summed E-state index contributed by atoms with van der Waals surface area (Å²) in [7, 11) is 0. The second-order valence-electron chi connectivity index (χ2n) is 4.05. The number of benzene rings is 2. The standard InChI is InChI=1S/C17H12O2/c1-2-8-15(9-3-1)18-12-6-10-16-13-14-7-4-5-11-17(14)19-16/h1-5,7-9,11,13H,12H2. The molecule has 3 rings (SSSR count). The number of hydrogen-bond acceptors (Lipinski definition) is 2. The molecule has 3 aromatic rings. The van der Waals surface area contributed by atoms with Crippen molar-refractivity contribution >= 4 is 11.0 Å². The van der Waals surface area contributed by atoms with Gasteiger partial charge in [-0.2, -0.15) is 0 Å². The van der Waals surface area contributed by atoms with E-state index in [-0.39, 0.29) is 0 Å². The van der Waals surface area contributed by atoms with Crippen molar-refractivity contribution in [2.75, 3.05) is 6.61 Å². The summed E-state index contributed by atoms with van der Waals surface area (Å²) in [5, 5.41) is 1.07. The zero-order valence-corrected chi connectivity index (χ0v) is 10.3. The molecule has 2 aromatic carbocycles. The van der Waals surface area contributed by atoms with Gasteiger partial charge in [0.25, 0.3) is 0 Å². The lowest BCUT2D eigenvalue weighted by Crippen LogP contribution is -1.92. The van der Waals surface area contributed by atoms with E-state index in [9.17, 15) is 0 Å². The van der Waals surface area contributed by atoms with E-state index in [0.29, 0.717) is 12.4 Å². The van der Waals surface area contributed by atoms with Gasteiger partial charge in [0.05, 0.1) is 0 Å². The highest BCUT2D eigenvalue weighted by Crippen LogP contribution is 2.17. The van der Waals surface area contributed by atoms with Crippen LogP contribution in [0.2, 0.25) is 0 Å². The molecule has 0 saturated carbocycles. The Morgan fingerprint density at radius 3 is 2.58 bits per heavy atom. The van der Waals surface area contributed by atoms with Gasteiger partial charge in [0.2, 0.25) is 0 Å². The average molecular weight is 248 g/mol. The van der Waals surface area contributed by atoms with Crippen LogP contribution in [0, 0.1) is 11.8 Å². The van der Waals surface area contributed by atoms with Crippen LogP contribution in [0.3, 0.4) is 0 Å². The van der Waals surface area contributed by atoms with Gasteiger partial charge in [-0.25, -0.2) is 0 Å². The lowest BCUT2D eigenvalue weighted by molar-refractivity contribution is 0.370. The van der Waals surface area contributed by atoms with Crippen LogP contribution in [-0.4, -0.2) is 6.61 Å². The van der Waals surface area contributed by atoms with E-state index in [4.69, 9.17) is 9.15 Å². The summed E-state index contributed by atoms with van der Waals surface area (Å²) in [4.78, 5) is 0. The largest absolute Gasteiger partial charge is 0.481 e. The van der Waals surface area contributed by atoms with Crippen LogP contribution in [0.5, 0.6) is 5.75 Å². The summed E-state index contributed by atoms with van der Waals surface area (Å²) in [6.45, 7) is 0.348.